The molecule has 3 aromatic rings. The van der Waals surface area contributed by atoms with Crippen molar-refractivity contribution in [3.8, 4) is 0 Å². The van der Waals surface area contributed by atoms with E-state index in [-0.39, 0.29) is 17.6 Å². The molecule has 1 aromatic carbocycles. The summed E-state index contributed by atoms with van der Waals surface area (Å²) in [7, 11) is 0. The maximum Gasteiger partial charge on any atom is 0.291 e. The number of nitrogens with zero attached hydrogens (tertiary/aromatic N) is 1. The lowest BCUT2D eigenvalue weighted by atomic mass is 9.99. The van der Waals surface area contributed by atoms with E-state index in [4.69, 9.17) is 4.42 Å². The second-order valence-corrected chi connectivity index (χ2v) is 9.54. The molecule has 0 saturated carbocycles. The molecule has 2 N–H and O–H groups in total. The average Bonchev–Trinajstić information content (AvgIpc) is 3.43. The number of hydrogen-bond donors (Lipinski definition) is 2. The van der Waals surface area contributed by atoms with Crippen LogP contribution in [0.15, 0.2) is 53.1 Å². The van der Waals surface area contributed by atoms with Crippen molar-refractivity contribution in [2.45, 2.75) is 39.8 Å². The molecule has 2 aromatic heterocycles. The van der Waals surface area contributed by atoms with Crippen LogP contribution in [0.5, 0.6) is 0 Å². The average molecular weight is 452 g/mol. The predicted octanol–water partition coefficient (Wildman–Crippen LogP) is 5.06. The summed E-state index contributed by atoms with van der Waals surface area (Å²) in [5.74, 6) is 0.512. The van der Waals surface area contributed by atoms with Crippen molar-refractivity contribution >= 4 is 28.2 Å². The predicted molar refractivity (Wildman–Crippen MR) is 127 cm³/mol. The molecule has 2 amide bonds. The number of anilines is 1. The number of thiophene rings is 1. The van der Waals surface area contributed by atoms with Gasteiger partial charge in [0.1, 0.15) is 0 Å². The van der Waals surface area contributed by atoms with E-state index in [0.29, 0.717) is 16.4 Å². The zero-order chi connectivity index (χ0) is 22.5. The third-order valence-corrected chi connectivity index (χ3v) is 6.95. The zero-order valence-electron chi connectivity index (χ0n) is 18.5. The van der Waals surface area contributed by atoms with Crippen molar-refractivity contribution < 1.29 is 14.0 Å². The number of aryl methyl sites for hydroxylation is 1. The molecule has 1 fully saturated rings. The number of amides is 2. The van der Waals surface area contributed by atoms with Gasteiger partial charge in [-0.1, -0.05) is 31.2 Å². The summed E-state index contributed by atoms with van der Waals surface area (Å²) in [6.07, 6.45) is 4.01. The normalized spacial score (nSPS) is 16.6. The summed E-state index contributed by atoms with van der Waals surface area (Å²) in [4.78, 5) is 28.2. The summed E-state index contributed by atoms with van der Waals surface area (Å²) in [5.41, 5.74) is 3.23. The fourth-order valence-electron chi connectivity index (χ4n) is 4.16. The fourth-order valence-corrected chi connectivity index (χ4v) is 5.15. The Morgan fingerprint density at radius 2 is 1.97 bits per heavy atom. The maximum absolute atomic E-state index is 12.9. The molecule has 0 radical (unpaired) electrons. The summed E-state index contributed by atoms with van der Waals surface area (Å²) < 4.78 is 5.12. The first kappa shape index (κ1) is 22.3. The summed E-state index contributed by atoms with van der Waals surface area (Å²) in [6.45, 7) is 7.83. The van der Waals surface area contributed by atoms with Crippen molar-refractivity contribution in [1.82, 2.24) is 10.2 Å². The molecule has 1 unspecified atom stereocenters. The van der Waals surface area contributed by atoms with Gasteiger partial charge in [-0.25, -0.2) is 0 Å². The van der Waals surface area contributed by atoms with E-state index in [1.807, 2.05) is 19.1 Å². The first-order chi connectivity index (χ1) is 15.5. The van der Waals surface area contributed by atoms with Gasteiger partial charge in [0.05, 0.1) is 16.1 Å². The maximum atomic E-state index is 12.9. The molecule has 0 spiro atoms. The third kappa shape index (κ3) is 5.47. The molecule has 6 nitrogen and oxygen atoms in total. The molecule has 168 valence electrons. The largest absolute Gasteiger partial charge is 0.459 e. The number of hydrogen-bond acceptors (Lipinski definition) is 5. The Kier molecular flexibility index (Phi) is 7.07. The molecule has 1 aliphatic rings. The Labute approximate surface area is 192 Å². The number of carbonyl (C=O) groups excluding carboxylic acids is 2. The van der Waals surface area contributed by atoms with E-state index in [9.17, 15) is 9.59 Å². The van der Waals surface area contributed by atoms with E-state index in [1.165, 1.54) is 36.0 Å². The number of piperidine rings is 1. The number of nitrogens with one attached hydrogen (secondary N) is 2. The molecule has 4 rings (SSSR count). The number of furan rings is 1. The van der Waals surface area contributed by atoms with Crippen molar-refractivity contribution in [2.75, 3.05) is 18.4 Å². The SMILES string of the molecule is Cc1cc(NC(=O)c2ccco2)sc1C(=O)NCc1ccccc1CN1CCCC(C)C1. The van der Waals surface area contributed by atoms with Gasteiger partial charge in [0.25, 0.3) is 11.8 Å². The van der Waals surface area contributed by atoms with Crippen LogP contribution in [0.1, 0.15) is 56.7 Å². The Morgan fingerprint density at radius 1 is 1.16 bits per heavy atom. The highest BCUT2D eigenvalue weighted by Crippen LogP contribution is 2.27. The molecule has 3 heterocycles. The van der Waals surface area contributed by atoms with Crippen LogP contribution in [-0.4, -0.2) is 29.8 Å². The molecule has 0 aliphatic carbocycles. The van der Waals surface area contributed by atoms with Crippen molar-refractivity contribution in [3.05, 3.63) is 76.1 Å². The molecule has 7 heteroatoms. The lowest BCUT2D eigenvalue weighted by Gasteiger charge is -2.31. The van der Waals surface area contributed by atoms with E-state index in [1.54, 1.807) is 12.1 Å². The summed E-state index contributed by atoms with van der Waals surface area (Å²) in [5, 5.41) is 6.47. The van der Waals surface area contributed by atoms with Crippen LogP contribution in [0.2, 0.25) is 0 Å². The summed E-state index contributed by atoms with van der Waals surface area (Å²) >= 11 is 1.27. The topological polar surface area (TPSA) is 74.6 Å². The molecule has 1 atom stereocenters. The molecule has 1 aliphatic heterocycles. The Bertz CT molecular complexity index is 1070. The van der Waals surface area contributed by atoms with Gasteiger partial charge in [-0.3, -0.25) is 14.5 Å². The van der Waals surface area contributed by atoms with Gasteiger partial charge in [-0.2, -0.15) is 0 Å². The molecular formula is C25H29N3O3S. The quantitative estimate of drug-likeness (QED) is 0.526. The Hall–Kier alpha value is -2.90. The summed E-state index contributed by atoms with van der Waals surface area (Å²) in [6, 6.07) is 13.4. The van der Waals surface area contributed by atoms with Gasteiger partial charge in [0.15, 0.2) is 5.76 Å². The number of likely N-dealkylation sites (tertiary alicyclic amines) is 1. The monoisotopic (exact) mass is 451 g/mol. The second kappa shape index (κ2) is 10.1. The van der Waals surface area contributed by atoms with Gasteiger partial charge >= 0.3 is 0 Å². The van der Waals surface area contributed by atoms with Gasteiger partial charge in [0.2, 0.25) is 0 Å². The van der Waals surface area contributed by atoms with Crippen LogP contribution in [0, 0.1) is 12.8 Å². The Morgan fingerprint density at radius 3 is 2.72 bits per heavy atom. The van der Waals surface area contributed by atoms with E-state index in [0.717, 1.165) is 36.7 Å². The fraction of sp³-hybridized carbons (Fsp3) is 0.360. The van der Waals surface area contributed by atoms with E-state index in [2.05, 4.69) is 40.7 Å². The molecule has 32 heavy (non-hydrogen) atoms. The van der Waals surface area contributed by atoms with Gasteiger partial charge in [0, 0.05) is 19.6 Å². The van der Waals surface area contributed by atoms with Crippen molar-refractivity contribution in [1.29, 1.82) is 0 Å². The first-order valence-electron chi connectivity index (χ1n) is 11.0. The van der Waals surface area contributed by atoms with Crippen LogP contribution in [0.4, 0.5) is 5.00 Å². The van der Waals surface area contributed by atoms with Gasteiger partial charge < -0.3 is 15.1 Å². The first-order valence-corrected chi connectivity index (χ1v) is 11.8. The van der Waals surface area contributed by atoms with Crippen LogP contribution < -0.4 is 10.6 Å². The molecule has 1 saturated heterocycles. The standard InChI is InChI=1S/C25H29N3O3S/c1-17-7-5-11-28(15-17)16-20-9-4-3-8-19(20)14-26-25(30)23-18(2)13-22(32-23)27-24(29)21-10-6-12-31-21/h3-4,6,8-10,12-13,17H,5,7,11,14-16H2,1-2H3,(H,26,30)(H,27,29). The minimum absolute atomic E-state index is 0.132. The minimum atomic E-state index is -0.329. The smallest absolute Gasteiger partial charge is 0.291 e. The highest BCUT2D eigenvalue weighted by molar-refractivity contribution is 7.18. The number of benzene rings is 1. The van der Waals surface area contributed by atoms with Crippen LogP contribution in [0.25, 0.3) is 0 Å². The third-order valence-electron chi connectivity index (χ3n) is 5.80. The minimum Gasteiger partial charge on any atom is -0.459 e. The molecule has 0 bridgehead atoms. The highest BCUT2D eigenvalue weighted by Gasteiger charge is 2.19. The van der Waals surface area contributed by atoms with Gasteiger partial charge in [-0.05, 0) is 67.1 Å². The Balaban J connectivity index is 1.38. The highest BCUT2D eigenvalue weighted by atomic mass is 32.1. The van der Waals surface area contributed by atoms with Crippen LogP contribution in [-0.2, 0) is 13.1 Å². The number of carbonyl (C=O) groups is 2. The lowest BCUT2D eigenvalue weighted by molar-refractivity contribution is 0.0952. The zero-order valence-corrected chi connectivity index (χ0v) is 19.3. The van der Waals surface area contributed by atoms with E-state index < -0.39 is 0 Å². The van der Waals surface area contributed by atoms with E-state index >= 15 is 0 Å². The van der Waals surface area contributed by atoms with Crippen molar-refractivity contribution in [3.63, 3.8) is 0 Å². The second-order valence-electron chi connectivity index (χ2n) is 8.49. The number of rotatable bonds is 7. The lowest BCUT2D eigenvalue weighted by Crippen LogP contribution is -2.34. The van der Waals surface area contributed by atoms with Crippen LogP contribution in [0.3, 0.4) is 0 Å². The van der Waals surface area contributed by atoms with Crippen molar-refractivity contribution in [2.24, 2.45) is 5.92 Å². The van der Waals surface area contributed by atoms with Gasteiger partial charge in [-0.15, -0.1) is 11.3 Å². The molecular weight excluding hydrogens is 422 g/mol. The van der Waals surface area contributed by atoms with Crippen LogP contribution >= 0.6 is 11.3 Å².